The van der Waals surface area contributed by atoms with E-state index >= 15 is 0 Å². The summed E-state index contributed by atoms with van der Waals surface area (Å²) in [5, 5.41) is 3.62. The van der Waals surface area contributed by atoms with Crippen LogP contribution in [0.4, 0.5) is 0 Å². The summed E-state index contributed by atoms with van der Waals surface area (Å²) in [6.45, 7) is 5.37. The van der Waals surface area contributed by atoms with Crippen LogP contribution < -0.4 is 10.1 Å². The van der Waals surface area contributed by atoms with Crippen molar-refractivity contribution in [1.29, 1.82) is 0 Å². The molecule has 0 aliphatic heterocycles. The van der Waals surface area contributed by atoms with E-state index in [-0.39, 0.29) is 6.04 Å². The highest BCUT2D eigenvalue weighted by Crippen LogP contribution is 2.33. The minimum Gasteiger partial charge on any atom is -0.495 e. The van der Waals surface area contributed by atoms with Crippen LogP contribution in [0.15, 0.2) is 48.7 Å². The van der Waals surface area contributed by atoms with E-state index in [1.54, 1.807) is 7.11 Å². The summed E-state index contributed by atoms with van der Waals surface area (Å²) in [6.07, 6.45) is 2.92. The fourth-order valence-electron chi connectivity index (χ4n) is 2.57. The second-order valence-corrected chi connectivity index (χ2v) is 5.22. The Bertz CT molecular complexity index is 542. The molecular formula is C18H24N2O. The lowest BCUT2D eigenvalue weighted by molar-refractivity contribution is 0.382. The molecule has 112 valence electrons. The molecule has 2 unspecified atom stereocenters. The van der Waals surface area contributed by atoms with Gasteiger partial charge >= 0.3 is 0 Å². The molecule has 0 aliphatic carbocycles. The fraction of sp³-hybridized carbons (Fsp3) is 0.389. The van der Waals surface area contributed by atoms with Gasteiger partial charge in [0.25, 0.3) is 0 Å². The predicted molar refractivity (Wildman–Crippen MR) is 86.7 cm³/mol. The molecule has 0 aliphatic rings. The average molecular weight is 284 g/mol. The van der Waals surface area contributed by atoms with Crippen LogP contribution in [0.25, 0.3) is 0 Å². The number of hydrogen-bond acceptors (Lipinski definition) is 3. The number of aromatic nitrogens is 1. The summed E-state index contributed by atoms with van der Waals surface area (Å²) < 4.78 is 5.49. The molecule has 0 bridgehead atoms. The number of methoxy groups -OCH3 is 1. The van der Waals surface area contributed by atoms with Gasteiger partial charge in [-0.1, -0.05) is 44.2 Å². The van der Waals surface area contributed by atoms with E-state index in [1.165, 1.54) is 5.56 Å². The number of ether oxygens (including phenoxy) is 1. The van der Waals surface area contributed by atoms with Gasteiger partial charge in [-0.3, -0.25) is 4.98 Å². The largest absolute Gasteiger partial charge is 0.495 e. The van der Waals surface area contributed by atoms with Gasteiger partial charge in [0.2, 0.25) is 0 Å². The van der Waals surface area contributed by atoms with Crippen LogP contribution in [-0.4, -0.2) is 18.6 Å². The molecule has 1 heterocycles. The second-order valence-electron chi connectivity index (χ2n) is 5.22. The Morgan fingerprint density at radius 3 is 2.57 bits per heavy atom. The van der Waals surface area contributed by atoms with Crippen molar-refractivity contribution in [2.45, 2.75) is 32.2 Å². The van der Waals surface area contributed by atoms with Crippen LogP contribution in [0.2, 0.25) is 0 Å². The van der Waals surface area contributed by atoms with Gasteiger partial charge in [-0.05, 0) is 30.7 Å². The molecule has 2 rings (SSSR count). The summed E-state index contributed by atoms with van der Waals surface area (Å²) >= 11 is 0. The molecule has 0 radical (unpaired) electrons. The van der Waals surface area contributed by atoms with Gasteiger partial charge in [0.05, 0.1) is 18.8 Å². The van der Waals surface area contributed by atoms with Crippen molar-refractivity contribution in [3.63, 3.8) is 0 Å². The lowest BCUT2D eigenvalue weighted by Gasteiger charge is -2.26. The van der Waals surface area contributed by atoms with Crippen molar-refractivity contribution in [3.05, 3.63) is 59.9 Å². The van der Waals surface area contributed by atoms with Crippen molar-refractivity contribution in [1.82, 2.24) is 10.3 Å². The Morgan fingerprint density at radius 2 is 1.90 bits per heavy atom. The number of rotatable bonds is 7. The van der Waals surface area contributed by atoms with Crippen LogP contribution in [0.3, 0.4) is 0 Å². The second kappa shape index (κ2) is 7.79. The quantitative estimate of drug-likeness (QED) is 0.836. The smallest absolute Gasteiger partial charge is 0.142 e. The van der Waals surface area contributed by atoms with Crippen molar-refractivity contribution in [2.24, 2.45) is 0 Å². The zero-order valence-corrected chi connectivity index (χ0v) is 13.0. The molecule has 0 saturated heterocycles. The van der Waals surface area contributed by atoms with E-state index in [4.69, 9.17) is 4.74 Å². The predicted octanol–water partition coefficient (Wildman–Crippen LogP) is 3.93. The summed E-state index contributed by atoms with van der Waals surface area (Å²) in [7, 11) is 1.70. The molecule has 0 saturated carbocycles. The highest BCUT2D eigenvalue weighted by molar-refractivity contribution is 5.33. The summed E-state index contributed by atoms with van der Waals surface area (Å²) in [5.74, 6) is 1.16. The van der Waals surface area contributed by atoms with Crippen molar-refractivity contribution in [2.75, 3.05) is 13.7 Å². The molecule has 0 spiro atoms. The topological polar surface area (TPSA) is 34.2 Å². The van der Waals surface area contributed by atoms with Gasteiger partial charge in [-0.25, -0.2) is 0 Å². The van der Waals surface area contributed by atoms with E-state index < -0.39 is 0 Å². The maximum Gasteiger partial charge on any atom is 0.142 e. The number of nitrogens with zero attached hydrogens (tertiary/aromatic N) is 1. The van der Waals surface area contributed by atoms with E-state index in [0.717, 1.165) is 24.4 Å². The average Bonchev–Trinajstić information content (AvgIpc) is 2.56. The first-order valence-electron chi connectivity index (χ1n) is 7.55. The zero-order chi connectivity index (χ0) is 15.1. The molecular weight excluding hydrogens is 260 g/mol. The third-order valence-corrected chi connectivity index (χ3v) is 3.75. The molecule has 0 amide bonds. The fourth-order valence-corrected chi connectivity index (χ4v) is 2.57. The first kappa shape index (κ1) is 15.5. The van der Waals surface area contributed by atoms with Crippen molar-refractivity contribution in [3.8, 4) is 5.75 Å². The third kappa shape index (κ3) is 3.82. The van der Waals surface area contributed by atoms with Crippen LogP contribution in [0.1, 0.15) is 43.5 Å². The highest BCUT2D eigenvalue weighted by atomic mass is 16.5. The van der Waals surface area contributed by atoms with Gasteiger partial charge in [0.15, 0.2) is 0 Å². The molecule has 1 N–H and O–H groups in total. The molecule has 21 heavy (non-hydrogen) atoms. The molecule has 2 atom stereocenters. The number of pyridine rings is 1. The lowest BCUT2D eigenvalue weighted by atomic mass is 9.90. The Kier molecular flexibility index (Phi) is 5.76. The van der Waals surface area contributed by atoms with Crippen LogP contribution in [0, 0.1) is 0 Å². The monoisotopic (exact) mass is 284 g/mol. The highest BCUT2D eigenvalue weighted by Gasteiger charge is 2.24. The van der Waals surface area contributed by atoms with Gasteiger partial charge in [0, 0.05) is 12.1 Å². The van der Waals surface area contributed by atoms with Crippen LogP contribution >= 0.6 is 0 Å². The number of benzene rings is 1. The maximum absolute atomic E-state index is 5.49. The number of nitrogens with one attached hydrogen (secondary N) is 1. The summed E-state index contributed by atoms with van der Waals surface area (Å²) in [4.78, 5) is 4.56. The molecule has 3 nitrogen and oxygen atoms in total. The van der Waals surface area contributed by atoms with E-state index in [2.05, 4.69) is 48.4 Å². The summed E-state index contributed by atoms with van der Waals surface area (Å²) in [5.41, 5.74) is 2.28. The molecule has 1 aromatic carbocycles. The first-order chi connectivity index (χ1) is 10.3. The maximum atomic E-state index is 5.49. The molecule has 3 heteroatoms. The molecule has 0 fully saturated rings. The van der Waals surface area contributed by atoms with Crippen molar-refractivity contribution < 1.29 is 4.74 Å². The van der Waals surface area contributed by atoms with Gasteiger partial charge in [-0.2, -0.15) is 0 Å². The van der Waals surface area contributed by atoms with E-state index in [1.807, 2.05) is 24.4 Å². The Morgan fingerprint density at radius 1 is 1.14 bits per heavy atom. The van der Waals surface area contributed by atoms with Gasteiger partial charge in [-0.15, -0.1) is 0 Å². The Balaban J connectivity index is 2.33. The molecule has 1 aromatic heterocycles. The SMILES string of the molecule is CCCNC(c1ncccc1OC)C(C)c1ccccc1. The number of hydrogen-bond donors (Lipinski definition) is 1. The third-order valence-electron chi connectivity index (χ3n) is 3.75. The van der Waals surface area contributed by atoms with Crippen LogP contribution in [0.5, 0.6) is 5.75 Å². The van der Waals surface area contributed by atoms with Gasteiger partial charge < -0.3 is 10.1 Å². The molecule has 2 aromatic rings. The van der Waals surface area contributed by atoms with Crippen LogP contribution in [-0.2, 0) is 0 Å². The van der Waals surface area contributed by atoms with Crippen molar-refractivity contribution >= 4 is 0 Å². The minimum atomic E-state index is 0.142. The summed E-state index contributed by atoms with van der Waals surface area (Å²) in [6, 6.07) is 14.6. The standard InChI is InChI=1S/C18H24N2O/c1-4-12-19-17(14(2)15-9-6-5-7-10-15)18-16(21-3)11-8-13-20-18/h5-11,13-14,17,19H,4,12H2,1-3H3. The van der Waals surface area contributed by atoms with E-state index in [0.29, 0.717) is 5.92 Å². The minimum absolute atomic E-state index is 0.142. The first-order valence-corrected chi connectivity index (χ1v) is 7.55. The van der Waals surface area contributed by atoms with E-state index in [9.17, 15) is 0 Å². The zero-order valence-electron chi connectivity index (χ0n) is 13.0. The normalized spacial score (nSPS) is 13.7. The lowest BCUT2D eigenvalue weighted by Crippen LogP contribution is -2.28. The Hall–Kier alpha value is -1.87. The Labute approximate surface area is 127 Å². The van der Waals surface area contributed by atoms with Gasteiger partial charge in [0.1, 0.15) is 5.75 Å².